The van der Waals surface area contributed by atoms with Gasteiger partial charge in [-0.25, -0.2) is 0 Å². The van der Waals surface area contributed by atoms with Crippen LogP contribution in [0, 0.1) is 13.8 Å². The molecule has 1 aromatic rings. The molecule has 1 aromatic carbocycles. The summed E-state index contributed by atoms with van der Waals surface area (Å²) in [5.41, 5.74) is 9.46. The Balaban J connectivity index is 3.02. The summed E-state index contributed by atoms with van der Waals surface area (Å²) in [6.45, 7) is 4.87. The molecule has 0 spiro atoms. The van der Waals surface area contributed by atoms with Crippen molar-refractivity contribution >= 4 is 0 Å². The highest BCUT2D eigenvalue weighted by molar-refractivity contribution is 5.44. The Morgan fingerprint density at radius 1 is 1.33 bits per heavy atom. The number of likely N-dealkylation sites (N-methyl/N-ethyl adjacent to an activating group) is 1. The number of ether oxygens (including phenoxy) is 1. The van der Waals surface area contributed by atoms with Crippen LogP contribution in [0.4, 0.5) is 0 Å². The van der Waals surface area contributed by atoms with Gasteiger partial charge in [0.2, 0.25) is 0 Å². The molecule has 0 aromatic heterocycles. The third kappa shape index (κ3) is 2.70. The van der Waals surface area contributed by atoms with Crippen LogP contribution in [0.2, 0.25) is 0 Å². The van der Waals surface area contributed by atoms with Crippen molar-refractivity contribution in [3.63, 3.8) is 0 Å². The van der Waals surface area contributed by atoms with Crippen LogP contribution in [0.1, 0.15) is 22.7 Å². The van der Waals surface area contributed by atoms with Crippen molar-refractivity contribution in [2.45, 2.75) is 19.9 Å². The molecule has 3 N–H and O–H groups in total. The Kier molecular flexibility index (Phi) is 4.12. The fourth-order valence-electron chi connectivity index (χ4n) is 1.86. The number of rotatable bonds is 4. The highest BCUT2D eigenvalue weighted by atomic mass is 16.5. The van der Waals surface area contributed by atoms with E-state index in [-0.39, 0.29) is 6.04 Å². The number of aryl methyl sites for hydroxylation is 2. The van der Waals surface area contributed by atoms with Crippen molar-refractivity contribution in [1.29, 1.82) is 0 Å². The van der Waals surface area contributed by atoms with Gasteiger partial charge in [0.25, 0.3) is 0 Å². The minimum atomic E-state index is 0.0401. The molecule has 0 aliphatic carbocycles. The molecular weight excluding hydrogens is 188 g/mol. The maximum Gasteiger partial charge on any atom is 0.124 e. The topological polar surface area (TPSA) is 47.3 Å². The third-order valence-corrected chi connectivity index (χ3v) is 2.54. The number of hydrogen-bond donors (Lipinski definition) is 2. The number of methoxy groups -OCH3 is 1. The summed E-state index contributed by atoms with van der Waals surface area (Å²) in [5.74, 6) is 0.954. The molecule has 1 rings (SSSR count). The first-order valence-corrected chi connectivity index (χ1v) is 5.15. The number of nitrogens with two attached hydrogens (primary N) is 1. The number of benzene rings is 1. The monoisotopic (exact) mass is 208 g/mol. The van der Waals surface area contributed by atoms with Crippen molar-refractivity contribution < 1.29 is 4.74 Å². The van der Waals surface area contributed by atoms with Crippen molar-refractivity contribution in [3.8, 4) is 5.75 Å². The molecule has 0 amide bonds. The minimum absolute atomic E-state index is 0.0401. The van der Waals surface area contributed by atoms with Gasteiger partial charge in [0.05, 0.1) is 7.11 Å². The van der Waals surface area contributed by atoms with E-state index in [4.69, 9.17) is 10.5 Å². The Labute approximate surface area is 91.6 Å². The minimum Gasteiger partial charge on any atom is -0.496 e. The normalized spacial score (nSPS) is 12.6. The molecule has 15 heavy (non-hydrogen) atoms. The predicted molar refractivity (Wildman–Crippen MR) is 63.3 cm³/mol. The summed E-state index contributed by atoms with van der Waals surface area (Å²) in [6.07, 6.45) is 0. The Morgan fingerprint density at radius 3 is 2.27 bits per heavy atom. The molecule has 0 bridgehead atoms. The molecule has 0 heterocycles. The molecule has 1 unspecified atom stereocenters. The summed E-state index contributed by atoms with van der Waals surface area (Å²) in [7, 11) is 3.60. The SMILES string of the molecule is CNCC(N)c1cc(C)c(OC)c(C)c1. The highest BCUT2D eigenvalue weighted by Gasteiger charge is 2.09. The van der Waals surface area contributed by atoms with Crippen molar-refractivity contribution in [1.82, 2.24) is 5.32 Å². The Bertz CT molecular complexity index is 313. The van der Waals surface area contributed by atoms with Crippen LogP contribution in [0.15, 0.2) is 12.1 Å². The third-order valence-electron chi connectivity index (χ3n) is 2.54. The molecule has 1 atom stereocenters. The largest absolute Gasteiger partial charge is 0.496 e. The van der Waals surface area contributed by atoms with Gasteiger partial charge < -0.3 is 15.8 Å². The summed E-state index contributed by atoms with van der Waals surface area (Å²) >= 11 is 0. The van der Waals surface area contributed by atoms with Crippen molar-refractivity contribution in [3.05, 3.63) is 28.8 Å². The van der Waals surface area contributed by atoms with Gasteiger partial charge in [0.15, 0.2) is 0 Å². The smallest absolute Gasteiger partial charge is 0.124 e. The van der Waals surface area contributed by atoms with E-state index in [1.54, 1.807) is 7.11 Å². The average Bonchev–Trinajstić information content (AvgIpc) is 2.17. The van der Waals surface area contributed by atoms with Gasteiger partial charge >= 0.3 is 0 Å². The second kappa shape index (κ2) is 5.14. The quantitative estimate of drug-likeness (QED) is 0.789. The van der Waals surface area contributed by atoms with E-state index in [0.717, 1.165) is 29.0 Å². The lowest BCUT2D eigenvalue weighted by Gasteiger charge is -2.16. The molecule has 0 saturated carbocycles. The standard InChI is InChI=1S/C12H20N2O/c1-8-5-10(11(13)7-14-3)6-9(2)12(8)15-4/h5-6,11,14H,7,13H2,1-4H3. The van der Waals surface area contributed by atoms with E-state index in [1.165, 1.54) is 0 Å². The van der Waals surface area contributed by atoms with Gasteiger partial charge in [0.1, 0.15) is 5.75 Å². The second-order valence-corrected chi connectivity index (χ2v) is 3.85. The van der Waals surface area contributed by atoms with Crippen LogP contribution >= 0.6 is 0 Å². The van der Waals surface area contributed by atoms with E-state index in [1.807, 2.05) is 20.9 Å². The lowest BCUT2D eigenvalue weighted by molar-refractivity contribution is 0.408. The summed E-state index contributed by atoms with van der Waals surface area (Å²) in [5, 5.41) is 3.08. The predicted octanol–water partition coefficient (Wildman–Crippen LogP) is 1.53. The highest BCUT2D eigenvalue weighted by Crippen LogP contribution is 2.26. The first-order chi connectivity index (χ1) is 7.10. The number of hydrogen-bond acceptors (Lipinski definition) is 3. The van der Waals surface area contributed by atoms with Crippen LogP contribution in [0.5, 0.6) is 5.75 Å². The molecule has 0 aliphatic rings. The van der Waals surface area contributed by atoms with E-state index in [9.17, 15) is 0 Å². The molecule has 0 fully saturated rings. The van der Waals surface area contributed by atoms with Crippen molar-refractivity contribution in [2.24, 2.45) is 5.73 Å². The average molecular weight is 208 g/mol. The molecule has 0 saturated heterocycles. The van der Waals surface area contributed by atoms with Gasteiger partial charge in [-0.3, -0.25) is 0 Å². The summed E-state index contributed by atoms with van der Waals surface area (Å²) in [4.78, 5) is 0. The Hall–Kier alpha value is -1.06. The molecular formula is C12H20N2O. The zero-order valence-corrected chi connectivity index (χ0v) is 9.92. The second-order valence-electron chi connectivity index (χ2n) is 3.85. The van der Waals surface area contributed by atoms with Crippen LogP contribution < -0.4 is 15.8 Å². The van der Waals surface area contributed by atoms with Crippen LogP contribution in [-0.2, 0) is 0 Å². The summed E-state index contributed by atoms with van der Waals surface area (Å²) < 4.78 is 5.31. The van der Waals surface area contributed by atoms with Crippen molar-refractivity contribution in [2.75, 3.05) is 20.7 Å². The zero-order valence-electron chi connectivity index (χ0n) is 9.92. The molecule has 3 heteroatoms. The molecule has 84 valence electrons. The molecule has 0 aliphatic heterocycles. The Morgan fingerprint density at radius 2 is 1.87 bits per heavy atom. The molecule has 0 radical (unpaired) electrons. The number of nitrogens with one attached hydrogen (secondary N) is 1. The lowest BCUT2D eigenvalue weighted by Crippen LogP contribution is -2.24. The van der Waals surface area contributed by atoms with Gasteiger partial charge in [-0.15, -0.1) is 0 Å². The van der Waals surface area contributed by atoms with Crippen LogP contribution in [0.25, 0.3) is 0 Å². The zero-order chi connectivity index (χ0) is 11.4. The maximum atomic E-state index is 6.03. The fourth-order valence-corrected chi connectivity index (χ4v) is 1.86. The van der Waals surface area contributed by atoms with Gasteiger partial charge in [0, 0.05) is 12.6 Å². The first kappa shape index (κ1) is 12.0. The van der Waals surface area contributed by atoms with E-state index in [2.05, 4.69) is 17.4 Å². The van der Waals surface area contributed by atoms with Gasteiger partial charge in [-0.2, -0.15) is 0 Å². The van der Waals surface area contributed by atoms with E-state index < -0.39 is 0 Å². The van der Waals surface area contributed by atoms with Crippen LogP contribution in [-0.4, -0.2) is 20.7 Å². The first-order valence-electron chi connectivity index (χ1n) is 5.15. The van der Waals surface area contributed by atoms with E-state index >= 15 is 0 Å². The fraction of sp³-hybridized carbons (Fsp3) is 0.500. The summed E-state index contributed by atoms with van der Waals surface area (Å²) in [6, 6.07) is 4.22. The molecule has 3 nitrogen and oxygen atoms in total. The van der Waals surface area contributed by atoms with E-state index in [0.29, 0.717) is 0 Å². The van der Waals surface area contributed by atoms with Gasteiger partial charge in [-0.1, -0.05) is 12.1 Å². The lowest BCUT2D eigenvalue weighted by atomic mass is 10.0. The maximum absolute atomic E-state index is 6.03. The van der Waals surface area contributed by atoms with Crippen LogP contribution in [0.3, 0.4) is 0 Å². The van der Waals surface area contributed by atoms with Gasteiger partial charge in [-0.05, 0) is 37.6 Å².